The number of nitrogens with zero attached hydrogens (tertiary/aromatic N) is 1. The maximum atomic E-state index is 10.2. The standard InChI is InChI=1S/C18H23NO2/c1-19(14-15-6-4-3-5-7-15)13-12-18(20)16-8-10-17(21-2)11-9-16/h3-11,18,20H,12-14H2,1-2H3. The van der Waals surface area contributed by atoms with Crippen LogP contribution in [0, 0.1) is 0 Å². The first kappa shape index (κ1) is 15.5. The zero-order valence-corrected chi connectivity index (χ0v) is 12.7. The van der Waals surface area contributed by atoms with Gasteiger partial charge in [-0.3, -0.25) is 0 Å². The summed E-state index contributed by atoms with van der Waals surface area (Å²) in [4.78, 5) is 2.22. The predicted octanol–water partition coefficient (Wildman–Crippen LogP) is 3.25. The van der Waals surface area contributed by atoms with Gasteiger partial charge < -0.3 is 14.7 Å². The Balaban J connectivity index is 1.81. The molecule has 0 bridgehead atoms. The number of aliphatic hydroxyl groups is 1. The molecule has 0 aromatic heterocycles. The highest BCUT2D eigenvalue weighted by Crippen LogP contribution is 2.20. The van der Waals surface area contributed by atoms with Gasteiger partial charge in [-0.2, -0.15) is 0 Å². The van der Waals surface area contributed by atoms with Crippen molar-refractivity contribution in [3.8, 4) is 5.75 Å². The second-order valence-corrected chi connectivity index (χ2v) is 5.30. The Kier molecular flexibility index (Phi) is 5.78. The van der Waals surface area contributed by atoms with Crippen LogP contribution in [0.3, 0.4) is 0 Å². The van der Waals surface area contributed by atoms with Crippen LogP contribution in [0.2, 0.25) is 0 Å². The highest BCUT2D eigenvalue weighted by atomic mass is 16.5. The number of benzene rings is 2. The van der Waals surface area contributed by atoms with Crippen molar-refractivity contribution in [2.75, 3.05) is 20.7 Å². The molecule has 0 aliphatic carbocycles. The lowest BCUT2D eigenvalue weighted by Crippen LogP contribution is -2.20. The largest absolute Gasteiger partial charge is 0.497 e. The summed E-state index contributed by atoms with van der Waals surface area (Å²) in [6, 6.07) is 18.0. The van der Waals surface area contributed by atoms with Gasteiger partial charge in [-0.1, -0.05) is 42.5 Å². The van der Waals surface area contributed by atoms with Gasteiger partial charge in [0.05, 0.1) is 13.2 Å². The van der Waals surface area contributed by atoms with Gasteiger partial charge >= 0.3 is 0 Å². The molecule has 2 rings (SSSR count). The van der Waals surface area contributed by atoms with Gasteiger partial charge in [0.2, 0.25) is 0 Å². The number of ether oxygens (including phenoxy) is 1. The van der Waals surface area contributed by atoms with E-state index in [2.05, 4.69) is 36.2 Å². The van der Waals surface area contributed by atoms with Crippen LogP contribution in [0.1, 0.15) is 23.7 Å². The van der Waals surface area contributed by atoms with Gasteiger partial charge in [0.15, 0.2) is 0 Å². The molecule has 0 saturated heterocycles. The van der Waals surface area contributed by atoms with E-state index in [1.807, 2.05) is 30.3 Å². The monoisotopic (exact) mass is 285 g/mol. The SMILES string of the molecule is COc1ccc(C(O)CCN(C)Cc2ccccc2)cc1. The van der Waals surface area contributed by atoms with Gasteiger partial charge in [0.25, 0.3) is 0 Å². The van der Waals surface area contributed by atoms with E-state index < -0.39 is 6.10 Å². The molecule has 2 aromatic rings. The molecule has 3 nitrogen and oxygen atoms in total. The summed E-state index contributed by atoms with van der Waals surface area (Å²) in [5, 5.41) is 10.2. The lowest BCUT2D eigenvalue weighted by molar-refractivity contribution is 0.147. The molecule has 112 valence electrons. The molecule has 0 heterocycles. The van der Waals surface area contributed by atoms with Gasteiger partial charge in [-0.25, -0.2) is 0 Å². The molecule has 2 aromatic carbocycles. The molecule has 0 amide bonds. The minimum absolute atomic E-state index is 0.436. The summed E-state index contributed by atoms with van der Waals surface area (Å²) in [5.41, 5.74) is 2.22. The van der Waals surface area contributed by atoms with Crippen LogP contribution in [0.15, 0.2) is 54.6 Å². The van der Waals surface area contributed by atoms with Crippen LogP contribution in [0.25, 0.3) is 0 Å². The topological polar surface area (TPSA) is 32.7 Å². The number of aliphatic hydroxyl groups excluding tert-OH is 1. The van der Waals surface area contributed by atoms with Crippen molar-refractivity contribution >= 4 is 0 Å². The Morgan fingerprint density at radius 1 is 1.05 bits per heavy atom. The summed E-state index contributed by atoms with van der Waals surface area (Å²) >= 11 is 0. The lowest BCUT2D eigenvalue weighted by Gasteiger charge is -2.19. The van der Waals surface area contributed by atoms with Crippen molar-refractivity contribution in [1.82, 2.24) is 4.90 Å². The van der Waals surface area contributed by atoms with E-state index in [1.54, 1.807) is 7.11 Å². The highest BCUT2D eigenvalue weighted by Gasteiger charge is 2.09. The molecule has 21 heavy (non-hydrogen) atoms. The van der Waals surface area contributed by atoms with E-state index in [0.29, 0.717) is 0 Å². The molecule has 3 heteroatoms. The third kappa shape index (κ3) is 4.88. The molecule has 1 atom stereocenters. The van der Waals surface area contributed by atoms with E-state index in [0.717, 1.165) is 30.8 Å². The summed E-state index contributed by atoms with van der Waals surface area (Å²) in [5.74, 6) is 0.812. The van der Waals surface area contributed by atoms with E-state index >= 15 is 0 Å². The molecular weight excluding hydrogens is 262 g/mol. The van der Waals surface area contributed by atoms with E-state index in [9.17, 15) is 5.11 Å². The first-order valence-corrected chi connectivity index (χ1v) is 7.23. The van der Waals surface area contributed by atoms with Crippen LogP contribution < -0.4 is 4.74 Å². The van der Waals surface area contributed by atoms with Crippen LogP contribution in [0.4, 0.5) is 0 Å². The van der Waals surface area contributed by atoms with Crippen molar-refractivity contribution in [2.45, 2.75) is 19.1 Å². The summed E-state index contributed by atoms with van der Waals surface area (Å²) in [6.45, 7) is 1.75. The third-order valence-electron chi connectivity index (χ3n) is 3.58. The molecular formula is C18H23NO2. The maximum Gasteiger partial charge on any atom is 0.118 e. The van der Waals surface area contributed by atoms with Gasteiger partial charge in [-0.05, 0) is 36.7 Å². The number of hydrogen-bond acceptors (Lipinski definition) is 3. The fourth-order valence-electron chi connectivity index (χ4n) is 2.31. The summed E-state index contributed by atoms with van der Waals surface area (Å²) in [6.07, 6.45) is 0.282. The van der Waals surface area contributed by atoms with Crippen LogP contribution >= 0.6 is 0 Å². The number of hydrogen-bond donors (Lipinski definition) is 1. The van der Waals surface area contributed by atoms with Gasteiger partial charge in [0.1, 0.15) is 5.75 Å². The molecule has 0 fully saturated rings. The van der Waals surface area contributed by atoms with Crippen molar-refractivity contribution < 1.29 is 9.84 Å². The van der Waals surface area contributed by atoms with E-state index in [1.165, 1.54) is 5.56 Å². The first-order chi connectivity index (χ1) is 10.2. The second-order valence-electron chi connectivity index (χ2n) is 5.30. The molecule has 1 N–H and O–H groups in total. The van der Waals surface area contributed by atoms with Gasteiger partial charge in [0, 0.05) is 13.1 Å². The zero-order valence-electron chi connectivity index (χ0n) is 12.7. The summed E-state index contributed by atoms with van der Waals surface area (Å²) < 4.78 is 5.12. The fourth-order valence-corrected chi connectivity index (χ4v) is 2.31. The Morgan fingerprint density at radius 3 is 2.33 bits per heavy atom. The minimum atomic E-state index is -0.436. The number of rotatable bonds is 7. The van der Waals surface area contributed by atoms with Crippen molar-refractivity contribution in [3.05, 3.63) is 65.7 Å². The Labute approximate surface area is 126 Å². The average Bonchev–Trinajstić information content (AvgIpc) is 2.53. The van der Waals surface area contributed by atoms with E-state index in [4.69, 9.17) is 4.74 Å². The summed E-state index contributed by atoms with van der Waals surface area (Å²) in [7, 11) is 3.72. The highest BCUT2D eigenvalue weighted by molar-refractivity contribution is 5.28. The smallest absolute Gasteiger partial charge is 0.118 e. The fraction of sp³-hybridized carbons (Fsp3) is 0.333. The third-order valence-corrected chi connectivity index (χ3v) is 3.58. The average molecular weight is 285 g/mol. The van der Waals surface area contributed by atoms with Crippen molar-refractivity contribution in [3.63, 3.8) is 0 Å². The van der Waals surface area contributed by atoms with Crippen LogP contribution in [-0.4, -0.2) is 30.7 Å². The number of methoxy groups -OCH3 is 1. The molecule has 0 aliphatic heterocycles. The predicted molar refractivity (Wildman–Crippen MR) is 85.3 cm³/mol. The normalized spacial score (nSPS) is 12.4. The lowest BCUT2D eigenvalue weighted by atomic mass is 10.1. The first-order valence-electron chi connectivity index (χ1n) is 7.23. The molecule has 0 radical (unpaired) electrons. The maximum absolute atomic E-state index is 10.2. The molecule has 1 unspecified atom stereocenters. The van der Waals surface area contributed by atoms with Gasteiger partial charge in [-0.15, -0.1) is 0 Å². The minimum Gasteiger partial charge on any atom is -0.497 e. The quantitative estimate of drug-likeness (QED) is 0.847. The van der Waals surface area contributed by atoms with Crippen molar-refractivity contribution in [1.29, 1.82) is 0 Å². The molecule has 0 saturated carbocycles. The second kappa shape index (κ2) is 7.81. The van der Waals surface area contributed by atoms with E-state index in [-0.39, 0.29) is 0 Å². The Bertz CT molecular complexity index is 525. The molecule has 0 spiro atoms. The Hall–Kier alpha value is -1.84. The Morgan fingerprint density at radius 2 is 1.71 bits per heavy atom. The van der Waals surface area contributed by atoms with Crippen LogP contribution in [0.5, 0.6) is 5.75 Å². The molecule has 0 aliphatic rings. The van der Waals surface area contributed by atoms with Crippen LogP contribution in [-0.2, 0) is 6.54 Å². The zero-order chi connectivity index (χ0) is 15.1. The van der Waals surface area contributed by atoms with Crippen molar-refractivity contribution in [2.24, 2.45) is 0 Å².